The first-order chi connectivity index (χ1) is 15.8. The van der Waals surface area contributed by atoms with Crippen molar-refractivity contribution in [2.45, 2.75) is 39.5 Å². The van der Waals surface area contributed by atoms with Crippen molar-refractivity contribution in [1.29, 1.82) is 0 Å². The molecule has 176 valence electrons. The van der Waals surface area contributed by atoms with Crippen LogP contribution in [-0.4, -0.2) is 38.8 Å². The van der Waals surface area contributed by atoms with E-state index in [9.17, 15) is 9.59 Å². The second-order valence-electron chi connectivity index (χ2n) is 7.74. The highest BCUT2D eigenvalue weighted by Gasteiger charge is 2.23. The third kappa shape index (κ3) is 5.84. The van der Waals surface area contributed by atoms with Crippen molar-refractivity contribution < 1.29 is 33.0 Å². The van der Waals surface area contributed by atoms with Gasteiger partial charge in [0.25, 0.3) is 5.91 Å². The van der Waals surface area contributed by atoms with Gasteiger partial charge in [-0.3, -0.25) is 4.79 Å². The number of hydrogen-bond donors (Lipinski definition) is 1. The van der Waals surface area contributed by atoms with Crippen LogP contribution in [-0.2, 0) is 20.9 Å². The number of furan rings is 1. The number of benzene rings is 2. The van der Waals surface area contributed by atoms with Crippen LogP contribution in [0.15, 0.2) is 46.9 Å². The van der Waals surface area contributed by atoms with Crippen molar-refractivity contribution in [3.05, 3.63) is 59.4 Å². The van der Waals surface area contributed by atoms with E-state index in [1.165, 1.54) is 0 Å². The lowest BCUT2D eigenvalue weighted by Gasteiger charge is -2.18. The highest BCUT2D eigenvalue weighted by atomic mass is 16.5. The minimum atomic E-state index is -0.727. The monoisotopic (exact) mass is 455 g/mol. The van der Waals surface area contributed by atoms with Crippen molar-refractivity contribution in [2.75, 3.05) is 20.8 Å². The van der Waals surface area contributed by atoms with Crippen LogP contribution in [0, 0.1) is 0 Å². The predicted molar refractivity (Wildman–Crippen MR) is 123 cm³/mol. The Labute approximate surface area is 192 Å². The van der Waals surface area contributed by atoms with E-state index < -0.39 is 24.5 Å². The molecule has 0 fully saturated rings. The van der Waals surface area contributed by atoms with Crippen LogP contribution in [0.25, 0.3) is 11.0 Å². The smallest absolute Gasteiger partial charge is 0.375 e. The summed E-state index contributed by atoms with van der Waals surface area (Å²) in [5.41, 5.74) is 1.89. The van der Waals surface area contributed by atoms with Crippen LogP contribution in [0.1, 0.15) is 48.5 Å². The minimum Gasteiger partial charge on any atom is -0.497 e. The van der Waals surface area contributed by atoms with Crippen LogP contribution in [0.2, 0.25) is 0 Å². The summed E-state index contributed by atoms with van der Waals surface area (Å²) in [6, 6.07) is 12.2. The number of amides is 1. The molecule has 0 aliphatic carbocycles. The molecule has 1 amide bonds. The van der Waals surface area contributed by atoms with Crippen LogP contribution < -0.4 is 14.8 Å². The van der Waals surface area contributed by atoms with Crippen LogP contribution in [0.4, 0.5) is 0 Å². The van der Waals surface area contributed by atoms with E-state index in [0.717, 1.165) is 10.9 Å². The molecule has 0 spiro atoms. The molecule has 1 N–H and O–H groups in total. The number of methoxy groups -OCH3 is 2. The Bertz CT molecular complexity index is 1120. The molecule has 0 saturated heterocycles. The molecular formula is C25H29NO7. The van der Waals surface area contributed by atoms with Gasteiger partial charge < -0.3 is 28.7 Å². The first-order valence-electron chi connectivity index (χ1n) is 10.6. The topological polar surface area (TPSA) is 96.2 Å². The van der Waals surface area contributed by atoms with Crippen molar-refractivity contribution in [3.8, 4) is 11.5 Å². The Hall–Kier alpha value is -3.52. The molecule has 1 heterocycles. The van der Waals surface area contributed by atoms with Crippen molar-refractivity contribution in [2.24, 2.45) is 0 Å². The molecule has 33 heavy (non-hydrogen) atoms. The maximum atomic E-state index is 12.7. The molecule has 0 aliphatic rings. The van der Waals surface area contributed by atoms with E-state index in [1.807, 2.05) is 32.0 Å². The molecule has 0 aliphatic heterocycles. The van der Waals surface area contributed by atoms with Gasteiger partial charge in [-0.05, 0) is 45.0 Å². The molecule has 8 nitrogen and oxygen atoms in total. The second kappa shape index (κ2) is 10.9. The third-order valence-electron chi connectivity index (χ3n) is 5.06. The summed E-state index contributed by atoms with van der Waals surface area (Å²) >= 11 is 0. The van der Waals surface area contributed by atoms with E-state index >= 15 is 0 Å². The van der Waals surface area contributed by atoms with Crippen LogP contribution >= 0.6 is 0 Å². The molecule has 3 rings (SSSR count). The van der Waals surface area contributed by atoms with Gasteiger partial charge in [0.2, 0.25) is 5.76 Å². The van der Waals surface area contributed by atoms with Crippen molar-refractivity contribution >= 4 is 22.8 Å². The van der Waals surface area contributed by atoms with E-state index in [4.69, 9.17) is 23.4 Å². The Kier molecular flexibility index (Phi) is 7.95. The normalized spacial score (nSPS) is 11.9. The molecule has 2 aromatic carbocycles. The summed E-state index contributed by atoms with van der Waals surface area (Å²) in [6.45, 7) is 5.35. The molecule has 0 radical (unpaired) electrons. The zero-order valence-electron chi connectivity index (χ0n) is 19.5. The lowest BCUT2D eigenvalue weighted by Crippen LogP contribution is -2.31. The van der Waals surface area contributed by atoms with E-state index in [1.54, 1.807) is 45.4 Å². The average molecular weight is 456 g/mol. The summed E-state index contributed by atoms with van der Waals surface area (Å²) in [5.74, 6) is 0.0938. The highest BCUT2D eigenvalue weighted by molar-refractivity contribution is 5.96. The zero-order chi connectivity index (χ0) is 24.0. The summed E-state index contributed by atoms with van der Waals surface area (Å²) in [6.07, 6.45) is -0.0246. The largest absolute Gasteiger partial charge is 0.497 e. The Morgan fingerprint density at radius 2 is 1.79 bits per heavy atom. The van der Waals surface area contributed by atoms with Crippen molar-refractivity contribution in [1.82, 2.24) is 5.32 Å². The van der Waals surface area contributed by atoms with Gasteiger partial charge in [-0.1, -0.05) is 18.2 Å². The molecule has 3 aromatic rings. The average Bonchev–Trinajstić information content (AvgIpc) is 3.19. The molecular weight excluding hydrogens is 426 g/mol. The fourth-order valence-electron chi connectivity index (χ4n) is 3.39. The quantitative estimate of drug-likeness (QED) is 0.452. The number of ether oxygens (including phenoxy) is 4. The van der Waals surface area contributed by atoms with Gasteiger partial charge in [0.05, 0.1) is 33.0 Å². The molecule has 1 unspecified atom stereocenters. The van der Waals surface area contributed by atoms with Crippen molar-refractivity contribution in [3.63, 3.8) is 0 Å². The number of carbonyl (C=O) groups is 2. The summed E-state index contributed by atoms with van der Waals surface area (Å²) < 4.78 is 27.3. The van der Waals surface area contributed by atoms with Gasteiger partial charge in [0, 0.05) is 16.5 Å². The van der Waals surface area contributed by atoms with E-state index in [2.05, 4.69) is 5.32 Å². The van der Waals surface area contributed by atoms with E-state index in [0.29, 0.717) is 22.6 Å². The maximum absolute atomic E-state index is 12.7. The number of rotatable bonds is 10. The van der Waals surface area contributed by atoms with Gasteiger partial charge in [0.1, 0.15) is 17.1 Å². The summed E-state index contributed by atoms with van der Waals surface area (Å²) in [7, 11) is 3.11. The predicted octanol–water partition coefficient (Wildman–Crippen LogP) is 4.41. The summed E-state index contributed by atoms with van der Waals surface area (Å²) in [5, 5.41) is 3.57. The molecule has 8 heteroatoms. The number of carbonyl (C=O) groups excluding carboxylic acids is 2. The van der Waals surface area contributed by atoms with Gasteiger partial charge in [-0.25, -0.2) is 4.79 Å². The Balaban J connectivity index is 1.68. The highest BCUT2D eigenvalue weighted by Crippen LogP contribution is 2.30. The first-order valence-corrected chi connectivity index (χ1v) is 10.6. The summed E-state index contributed by atoms with van der Waals surface area (Å²) in [4.78, 5) is 25.2. The Morgan fingerprint density at radius 1 is 1.03 bits per heavy atom. The van der Waals surface area contributed by atoms with Crippen LogP contribution in [0.5, 0.6) is 11.5 Å². The maximum Gasteiger partial charge on any atom is 0.375 e. The Morgan fingerprint density at radius 3 is 2.48 bits per heavy atom. The minimum absolute atomic E-state index is 0.0246. The van der Waals surface area contributed by atoms with E-state index in [-0.39, 0.29) is 18.5 Å². The SMILES string of the molecule is COc1ccc(OC)c(C(C)NC(=O)COC(=O)c2oc3ccccc3c2COC(C)C)c1. The lowest BCUT2D eigenvalue weighted by molar-refractivity contribution is -0.124. The molecule has 1 atom stereocenters. The van der Waals surface area contributed by atoms with Gasteiger partial charge >= 0.3 is 5.97 Å². The number of nitrogens with one attached hydrogen (secondary N) is 1. The number of para-hydroxylation sites is 1. The first kappa shape index (κ1) is 24.1. The lowest BCUT2D eigenvalue weighted by atomic mass is 10.1. The second-order valence-corrected chi connectivity index (χ2v) is 7.74. The van der Waals surface area contributed by atoms with Gasteiger partial charge in [0.15, 0.2) is 6.61 Å². The zero-order valence-corrected chi connectivity index (χ0v) is 19.5. The van der Waals surface area contributed by atoms with Gasteiger partial charge in [-0.15, -0.1) is 0 Å². The standard InChI is InChI=1S/C25H29NO7/c1-15(2)31-13-20-18-8-6-7-9-22(18)33-24(20)25(28)32-14-23(27)26-16(3)19-12-17(29-4)10-11-21(19)30-5/h6-12,15-16H,13-14H2,1-5H3,(H,26,27). The number of fused-ring (bicyclic) bond motifs is 1. The number of esters is 1. The van der Waals surface area contributed by atoms with Gasteiger partial charge in [-0.2, -0.15) is 0 Å². The fourth-order valence-corrected chi connectivity index (χ4v) is 3.39. The molecule has 1 aromatic heterocycles. The molecule has 0 bridgehead atoms. The third-order valence-corrected chi connectivity index (χ3v) is 5.06. The molecule has 0 saturated carbocycles. The number of hydrogen-bond acceptors (Lipinski definition) is 7. The van der Waals surface area contributed by atoms with Crippen LogP contribution in [0.3, 0.4) is 0 Å². The fraction of sp³-hybridized carbons (Fsp3) is 0.360.